The Kier molecular flexibility index (Phi) is 8.19. The Morgan fingerprint density at radius 2 is 1.78 bits per heavy atom. The zero-order chi connectivity index (χ0) is 33.2. The molecule has 2 aromatic carbocycles. The van der Waals surface area contributed by atoms with Crippen molar-refractivity contribution in [2.45, 2.75) is 82.0 Å². The number of benzene rings is 2. The molecule has 3 aliphatic rings. The van der Waals surface area contributed by atoms with Gasteiger partial charge in [0.05, 0.1) is 42.0 Å². The fourth-order valence-corrected chi connectivity index (χ4v) is 6.29. The zero-order valence-corrected chi connectivity index (χ0v) is 24.2. The number of amides is 1. The molecule has 1 amide bonds. The van der Waals surface area contributed by atoms with E-state index in [4.69, 9.17) is 14.2 Å². The lowest BCUT2D eigenvalue weighted by Gasteiger charge is -2.43. The van der Waals surface area contributed by atoms with Crippen LogP contribution in [0.1, 0.15) is 82.2 Å². The molecule has 0 bridgehead atoms. The van der Waals surface area contributed by atoms with Gasteiger partial charge in [-0.3, -0.25) is 19.2 Å². The predicted molar refractivity (Wildman–Crippen MR) is 145 cm³/mol. The van der Waals surface area contributed by atoms with E-state index in [1.165, 1.54) is 39.2 Å². The maximum Gasteiger partial charge on any atom is 0.471 e. The van der Waals surface area contributed by atoms with Gasteiger partial charge in [0.2, 0.25) is 5.78 Å². The van der Waals surface area contributed by atoms with Gasteiger partial charge in [-0.1, -0.05) is 19.1 Å². The molecule has 2 aromatic rings. The number of carbonyl (C=O) groups is 4. The standard InChI is InChI=1S/C30H30F3NO11/c1-4-17(35)29(42)9-13-20(16(10-29)45-18-8-14(23(36)11(2)44-18)34-28(41)30(31,32)33)27(40)22-21(25(13)38)24(37)12-6-5-7-15(43-3)19(12)26(22)39/h5-7,11,14,16,18,23,36,38,40,42H,4,8-10H2,1-3H3,(H,34,41). The van der Waals surface area contributed by atoms with Gasteiger partial charge in [-0.05, 0) is 13.0 Å². The van der Waals surface area contributed by atoms with Crippen molar-refractivity contribution in [3.05, 3.63) is 51.6 Å². The highest BCUT2D eigenvalue weighted by atomic mass is 19.4. The third-order valence-electron chi connectivity index (χ3n) is 8.51. The van der Waals surface area contributed by atoms with Crippen LogP contribution in [0.3, 0.4) is 0 Å². The van der Waals surface area contributed by atoms with Crippen molar-refractivity contribution in [1.82, 2.24) is 5.32 Å². The number of nitrogens with one attached hydrogen (secondary N) is 1. The van der Waals surface area contributed by atoms with Gasteiger partial charge in [0.15, 0.2) is 17.9 Å². The van der Waals surface area contributed by atoms with Crippen molar-refractivity contribution in [3.63, 3.8) is 0 Å². The second kappa shape index (κ2) is 11.4. The van der Waals surface area contributed by atoms with E-state index < -0.39 is 108 Å². The van der Waals surface area contributed by atoms with Crippen LogP contribution in [0.5, 0.6) is 17.2 Å². The van der Waals surface area contributed by atoms with Gasteiger partial charge in [0.25, 0.3) is 0 Å². The molecule has 6 atom stereocenters. The first-order chi connectivity index (χ1) is 21.0. The largest absolute Gasteiger partial charge is 0.507 e. The average Bonchev–Trinajstić information content (AvgIpc) is 2.98. The smallest absolute Gasteiger partial charge is 0.471 e. The molecule has 15 heteroatoms. The van der Waals surface area contributed by atoms with Crippen LogP contribution < -0.4 is 10.1 Å². The number of phenols is 2. The number of fused-ring (bicyclic) bond motifs is 3. The van der Waals surface area contributed by atoms with Crippen LogP contribution in [0.2, 0.25) is 0 Å². The minimum absolute atomic E-state index is 0.0268. The summed E-state index contributed by atoms with van der Waals surface area (Å²) in [6.45, 7) is 2.79. The Labute approximate surface area is 253 Å². The highest BCUT2D eigenvalue weighted by molar-refractivity contribution is 6.31. The third-order valence-corrected chi connectivity index (χ3v) is 8.51. The Balaban J connectivity index is 1.61. The Bertz CT molecular complexity index is 1610. The van der Waals surface area contributed by atoms with Gasteiger partial charge in [-0.2, -0.15) is 13.2 Å². The molecule has 0 spiro atoms. The second-order valence-corrected chi connectivity index (χ2v) is 11.3. The fourth-order valence-electron chi connectivity index (χ4n) is 6.29. The number of methoxy groups -OCH3 is 1. The van der Waals surface area contributed by atoms with E-state index in [0.29, 0.717) is 0 Å². The van der Waals surface area contributed by atoms with Gasteiger partial charge in [-0.15, -0.1) is 0 Å². The monoisotopic (exact) mass is 637 g/mol. The summed E-state index contributed by atoms with van der Waals surface area (Å²) in [7, 11) is 1.27. The number of aromatic hydroxyl groups is 2. The van der Waals surface area contributed by atoms with Crippen molar-refractivity contribution in [3.8, 4) is 17.2 Å². The number of Topliss-reactive ketones (excluding diaryl/α,β-unsaturated/α-hetero) is 1. The Morgan fingerprint density at radius 3 is 2.40 bits per heavy atom. The summed E-state index contributed by atoms with van der Waals surface area (Å²) in [6, 6.07) is 2.72. The topological polar surface area (TPSA) is 189 Å². The Hall–Kier alpha value is -4.05. The number of aliphatic hydroxyl groups excluding tert-OH is 1. The van der Waals surface area contributed by atoms with Crippen LogP contribution >= 0.6 is 0 Å². The van der Waals surface area contributed by atoms with Gasteiger partial charge in [0, 0.05) is 42.4 Å². The molecule has 2 aliphatic carbocycles. The minimum Gasteiger partial charge on any atom is -0.507 e. The predicted octanol–water partition coefficient (Wildman–Crippen LogP) is 2.14. The molecule has 242 valence electrons. The van der Waals surface area contributed by atoms with Crippen molar-refractivity contribution in [1.29, 1.82) is 0 Å². The lowest BCUT2D eigenvalue weighted by Crippen LogP contribution is -2.57. The van der Waals surface area contributed by atoms with Gasteiger partial charge < -0.3 is 40.0 Å². The number of phenolic OH excluding ortho intramolecular Hbond substituents is 2. The number of rotatable bonds is 6. The van der Waals surface area contributed by atoms with Crippen molar-refractivity contribution in [2.75, 3.05) is 7.11 Å². The maximum absolute atomic E-state index is 13.7. The first-order valence-electron chi connectivity index (χ1n) is 14.0. The number of hydrogen-bond acceptors (Lipinski definition) is 11. The highest BCUT2D eigenvalue weighted by Crippen LogP contribution is 2.52. The number of ether oxygens (including phenoxy) is 3. The number of aliphatic hydroxyl groups is 2. The quantitative estimate of drug-likeness (QED) is 0.249. The first-order valence-corrected chi connectivity index (χ1v) is 14.0. The van der Waals surface area contributed by atoms with E-state index in [-0.39, 0.29) is 34.4 Å². The SMILES string of the molecule is CCC(=O)C1(O)Cc2c(O)c3c(c(O)c2C(OC2CC(NC(=O)C(F)(F)F)C(O)C(C)O2)C1)C(=O)c1c(OC)cccc1C3=O. The van der Waals surface area contributed by atoms with Crippen LogP contribution in [0.25, 0.3) is 0 Å². The molecule has 0 aromatic heterocycles. The lowest BCUT2D eigenvalue weighted by atomic mass is 9.71. The first kappa shape index (κ1) is 32.3. The van der Waals surface area contributed by atoms with Crippen LogP contribution in [-0.4, -0.2) is 87.1 Å². The molecule has 45 heavy (non-hydrogen) atoms. The van der Waals surface area contributed by atoms with E-state index >= 15 is 0 Å². The third kappa shape index (κ3) is 5.32. The number of halogens is 3. The number of carbonyl (C=O) groups excluding carboxylic acids is 4. The number of hydrogen-bond donors (Lipinski definition) is 5. The normalized spacial score (nSPS) is 27.7. The van der Waals surface area contributed by atoms with E-state index in [1.807, 2.05) is 0 Å². The van der Waals surface area contributed by atoms with Crippen LogP contribution in [0, 0.1) is 0 Å². The molecule has 1 saturated heterocycles. The molecule has 1 fully saturated rings. The zero-order valence-electron chi connectivity index (χ0n) is 24.2. The lowest BCUT2D eigenvalue weighted by molar-refractivity contribution is -0.250. The van der Waals surface area contributed by atoms with Crippen LogP contribution in [-0.2, 0) is 25.5 Å². The highest BCUT2D eigenvalue weighted by Gasteiger charge is 2.50. The van der Waals surface area contributed by atoms with E-state index in [2.05, 4.69) is 0 Å². The molecule has 5 rings (SSSR count). The molecule has 1 heterocycles. The second-order valence-electron chi connectivity index (χ2n) is 11.3. The summed E-state index contributed by atoms with van der Waals surface area (Å²) in [4.78, 5) is 51.9. The molecule has 5 N–H and O–H groups in total. The Morgan fingerprint density at radius 1 is 1.11 bits per heavy atom. The molecule has 0 saturated carbocycles. The molecule has 12 nitrogen and oxygen atoms in total. The molecule has 0 radical (unpaired) electrons. The van der Waals surface area contributed by atoms with Crippen molar-refractivity contribution >= 4 is 23.3 Å². The van der Waals surface area contributed by atoms with Gasteiger partial charge in [0.1, 0.15) is 29.0 Å². The summed E-state index contributed by atoms with van der Waals surface area (Å²) in [5, 5.41) is 46.6. The van der Waals surface area contributed by atoms with Gasteiger partial charge in [-0.25, -0.2) is 0 Å². The maximum atomic E-state index is 13.7. The van der Waals surface area contributed by atoms with E-state index in [9.17, 15) is 52.8 Å². The summed E-state index contributed by atoms with van der Waals surface area (Å²) in [6.07, 6.45) is -12.8. The fraction of sp³-hybridized carbons (Fsp3) is 0.467. The van der Waals surface area contributed by atoms with Crippen LogP contribution in [0.4, 0.5) is 13.2 Å². The number of ketones is 3. The summed E-state index contributed by atoms with van der Waals surface area (Å²) >= 11 is 0. The number of alkyl halides is 3. The average molecular weight is 638 g/mol. The van der Waals surface area contributed by atoms with Gasteiger partial charge >= 0.3 is 12.1 Å². The summed E-state index contributed by atoms with van der Waals surface area (Å²) in [5.41, 5.74) is -4.11. The van der Waals surface area contributed by atoms with Crippen molar-refractivity contribution < 1.29 is 67.0 Å². The molecular weight excluding hydrogens is 607 g/mol. The summed E-state index contributed by atoms with van der Waals surface area (Å²) in [5.74, 6) is -6.21. The van der Waals surface area contributed by atoms with E-state index in [0.717, 1.165) is 0 Å². The summed E-state index contributed by atoms with van der Waals surface area (Å²) < 4.78 is 55.7. The molecule has 6 unspecified atom stereocenters. The minimum atomic E-state index is -5.25. The molecular formula is C30H30F3NO11. The molecule has 1 aliphatic heterocycles. The van der Waals surface area contributed by atoms with Crippen molar-refractivity contribution in [2.24, 2.45) is 0 Å². The van der Waals surface area contributed by atoms with E-state index in [1.54, 1.807) is 5.32 Å². The van der Waals surface area contributed by atoms with Crippen LogP contribution in [0.15, 0.2) is 18.2 Å².